The van der Waals surface area contributed by atoms with E-state index < -0.39 is 47.5 Å². The standard InChI is InChI=1S/C15H21N5O6/c1-7(21)10(18)13(24)26-5-8-4-15(6-16,12(23)11(8)22)20-3-2-9(17)19-14(20)25/h2-3,7-8,10-12,21-23H,4-5,18H2,1H3,(H2,17,19,25)/t7?,8-,10+,11?,12?,15+/m1/s1. The maximum Gasteiger partial charge on any atom is 0.350 e. The molecule has 0 bridgehead atoms. The maximum atomic E-state index is 12.1. The van der Waals surface area contributed by atoms with Gasteiger partial charge in [-0.1, -0.05) is 0 Å². The molecule has 11 heteroatoms. The monoisotopic (exact) mass is 367 g/mol. The Hall–Kier alpha value is -2.52. The van der Waals surface area contributed by atoms with Gasteiger partial charge in [0.1, 0.15) is 18.0 Å². The first kappa shape index (κ1) is 19.8. The zero-order valence-corrected chi connectivity index (χ0v) is 14.0. The van der Waals surface area contributed by atoms with E-state index in [4.69, 9.17) is 16.2 Å². The third kappa shape index (κ3) is 3.40. The van der Waals surface area contributed by atoms with Crippen LogP contribution in [-0.4, -0.2) is 61.8 Å². The van der Waals surface area contributed by atoms with E-state index in [1.165, 1.54) is 19.2 Å². The molecule has 3 unspecified atom stereocenters. The van der Waals surface area contributed by atoms with Gasteiger partial charge in [-0.05, 0) is 19.4 Å². The van der Waals surface area contributed by atoms with Gasteiger partial charge < -0.3 is 31.5 Å². The van der Waals surface area contributed by atoms with E-state index in [-0.39, 0.29) is 18.8 Å². The zero-order valence-electron chi connectivity index (χ0n) is 14.0. The molecule has 0 spiro atoms. The van der Waals surface area contributed by atoms with Crippen LogP contribution < -0.4 is 17.2 Å². The van der Waals surface area contributed by atoms with Crippen LogP contribution in [0.4, 0.5) is 5.82 Å². The second kappa shape index (κ2) is 7.38. The highest BCUT2D eigenvalue weighted by atomic mass is 16.5. The minimum atomic E-state index is -1.79. The molecule has 7 N–H and O–H groups in total. The van der Waals surface area contributed by atoms with Gasteiger partial charge >= 0.3 is 11.7 Å². The molecule has 0 saturated heterocycles. The number of aromatic nitrogens is 2. The molecule has 1 aliphatic rings. The summed E-state index contributed by atoms with van der Waals surface area (Å²) in [6.45, 7) is 0.972. The van der Waals surface area contributed by atoms with Crippen LogP contribution in [0.3, 0.4) is 0 Å². The van der Waals surface area contributed by atoms with Gasteiger partial charge in [0.05, 0.1) is 24.9 Å². The first-order chi connectivity index (χ1) is 12.1. The van der Waals surface area contributed by atoms with Crippen molar-refractivity contribution in [1.82, 2.24) is 9.55 Å². The van der Waals surface area contributed by atoms with Crippen molar-refractivity contribution in [2.24, 2.45) is 11.7 Å². The summed E-state index contributed by atoms with van der Waals surface area (Å²) in [6.07, 6.45) is -3.14. The highest BCUT2D eigenvalue weighted by molar-refractivity contribution is 5.76. The molecule has 6 atom stereocenters. The van der Waals surface area contributed by atoms with E-state index in [2.05, 4.69) is 4.98 Å². The summed E-state index contributed by atoms with van der Waals surface area (Å²) in [6, 6.07) is 1.89. The van der Waals surface area contributed by atoms with Gasteiger partial charge in [0, 0.05) is 12.1 Å². The van der Waals surface area contributed by atoms with Gasteiger partial charge in [-0.2, -0.15) is 10.2 Å². The van der Waals surface area contributed by atoms with Crippen LogP contribution in [0.1, 0.15) is 13.3 Å². The highest BCUT2D eigenvalue weighted by Gasteiger charge is 2.55. The number of nitrogen functional groups attached to an aromatic ring is 1. The van der Waals surface area contributed by atoms with Gasteiger partial charge in [0.15, 0.2) is 5.54 Å². The Labute approximate surface area is 148 Å². The third-order valence-corrected chi connectivity index (χ3v) is 4.55. The van der Waals surface area contributed by atoms with Crippen LogP contribution in [0.5, 0.6) is 0 Å². The Kier molecular flexibility index (Phi) is 5.62. The van der Waals surface area contributed by atoms with Crippen LogP contribution in [0, 0.1) is 17.2 Å². The van der Waals surface area contributed by atoms with Gasteiger partial charge in [-0.25, -0.2) is 4.79 Å². The fraction of sp³-hybridized carbons (Fsp3) is 0.600. The quantitative estimate of drug-likeness (QED) is 0.335. The van der Waals surface area contributed by atoms with E-state index in [0.717, 1.165) is 4.57 Å². The summed E-state index contributed by atoms with van der Waals surface area (Å²) < 4.78 is 5.87. The molecule has 142 valence electrons. The van der Waals surface area contributed by atoms with Crippen LogP contribution in [0.25, 0.3) is 0 Å². The molecular weight excluding hydrogens is 346 g/mol. The van der Waals surface area contributed by atoms with Gasteiger partial charge in [-0.3, -0.25) is 9.36 Å². The second-order valence-electron chi connectivity index (χ2n) is 6.34. The van der Waals surface area contributed by atoms with Crippen molar-refractivity contribution in [2.45, 2.75) is 43.2 Å². The van der Waals surface area contributed by atoms with E-state index in [1.807, 2.05) is 6.07 Å². The third-order valence-electron chi connectivity index (χ3n) is 4.55. The number of nitrogens with zero attached hydrogens (tertiary/aromatic N) is 3. The number of aliphatic hydroxyl groups is 3. The summed E-state index contributed by atoms with van der Waals surface area (Å²) in [5, 5.41) is 39.5. The first-order valence-electron chi connectivity index (χ1n) is 7.87. The van der Waals surface area contributed by atoms with Crippen molar-refractivity contribution in [3.05, 3.63) is 22.7 Å². The van der Waals surface area contributed by atoms with Crippen LogP contribution in [-0.2, 0) is 15.1 Å². The Morgan fingerprint density at radius 3 is 2.81 bits per heavy atom. The fourth-order valence-electron chi connectivity index (χ4n) is 2.95. The molecule has 11 nitrogen and oxygen atoms in total. The zero-order chi connectivity index (χ0) is 19.6. The van der Waals surface area contributed by atoms with Gasteiger partial charge in [0.2, 0.25) is 0 Å². The predicted octanol–water partition coefficient (Wildman–Crippen LogP) is -2.96. The number of carbonyl (C=O) groups is 1. The number of aliphatic hydroxyl groups excluding tert-OH is 3. The number of ether oxygens (including phenoxy) is 1. The van der Waals surface area contributed by atoms with Crippen molar-refractivity contribution >= 4 is 11.8 Å². The number of carbonyl (C=O) groups excluding carboxylic acids is 1. The SMILES string of the molecule is CC(O)[C@H](N)C(=O)OC[C@H]1C[C@@](C#N)(n2ccc(N)nc2=O)C(O)C1O. The van der Waals surface area contributed by atoms with Crippen LogP contribution >= 0.6 is 0 Å². The number of anilines is 1. The van der Waals surface area contributed by atoms with Crippen molar-refractivity contribution in [2.75, 3.05) is 12.3 Å². The average molecular weight is 367 g/mol. The first-order valence-corrected chi connectivity index (χ1v) is 7.87. The number of hydrogen-bond donors (Lipinski definition) is 5. The fourth-order valence-corrected chi connectivity index (χ4v) is 2.95. The Bertz CT molecular complexity index is 775. The second-order valence-corrected chi connectivity index (χ2v) is 6.34. The van der Waals surface area contributed by atoms with Crippen molar-refractivity contribution < 1.29 is 24.9 Å². The summed E-state index contributed by atoms with van der Waals surface area (Å²) in [5.41, 5.74) is 8.24. The molecule has 0 radical (unpaired) electrons. The van der Waals surface area contributed by atoms with E-state index in [0.29, 0.717) is 0 Å². The molecular formula is C15H21N5O6. The van der Waals surface area contributed by atoms with Crippen molar-refractivity contribution in [3.63, 3.8) is 0 Å². The minimum Gasteiger partial charge on any atom is -0.464 e. The number of rotatable bonds is 5. The number of nitrogens with two attached hydrogens (primary N) is 2. The molecule has 1 aromatic rings. The Morgan fingerprint density at radius 1 is 1.62 bits per heavy atom. The van der Waals surface area contributed by atoms with E-state index in [1.54, 1.807) is 0 Å². The molecule has 1 aliphatic carbocycles. The summed E-state index contributed by atoms with van der Waals surface area (Å²) in [4.78, 5) is 27.3. The number of hydrogen-bond acceptors (Lipinski definition) is 10. The number of nitriles is 1. The molecule has 1 fully saturated rings. The minimum absolute atomic E-state index is 0.0510. The summed E-state index contributed by atoms with van der Waals surface area (Å²) in [7, 11) is 0. The van der Waals surface area contributed by atoms with Gasteiger partial charge in [-0.15, -0.1) is 0 Å². The van der Waals surface area contributed by atoms with Crippen LogP contribution in [0.15, 0.2) is 17.1 Å². The molecule has 0 aromatic carbocycles. The topological polar surface area (TPSA) is 198 Å². The lowest BCUT2D eigenvalue weighted by molar-refractivity contribution is -0.150. The average Bonchev–Trinajstić information content (AvgIpc) is 2.84. The lowest BCUT2D eigenvalue weighted by atomic mass is 9.95. The lowest BCUT2D eigenvalue weighted by Gasteiger charge is -2.27. The number of esters is 1. The van der Waals surface area contributed by atoms with E-state index in [9.17, 15) is 30.2 Å². The predicted molar refractivity (Wildman–Crippen MR) is 87.2 cm³/mol. The largest absolute Gasteiger partial charge is 0.464 e. The Balaban J connectivity index is 2.23. The van der Waals surface area contributed by atoms with Crippen molar-refractivity contribution in [1.29, 1.82) is 5.26 Å². The van der Waals surface area contributed by atoms with Gasteiger partial charge in [0.25, 0.3) is 0 Å². The molecule has 26 heavy (non-hydrogen) atoms. The van der Waals surface area contributed by atoms with E-state index >= 15 is 0 Å². The molecule has 1 heterocycles. The summed E-state index contributed by atoms with van der Waals surface area (Å²) in [5.74, 6) is -1.77. The lowest BCUT2D eigenvalue weighted by Crippen LogP contribution is -2.48. The van der Waals surface area contributed by atoms with Crippen LogP contribution in [0.2, 0.25) is 0 Å². The molecule has 1 aromatic heterocycles. The van der Waals surface area contributed by atoms with Crippen molar-refractivity contribution in [3.8, 4) is 6.07 Å². The molecule has 1 saturated carbocycles. The maximum absolute atomic E-state index is 12.1. The molecule has 0 aliphatic heterocycles. The molecule has 0 amide bonds. The smallest absolute Gasteiger partial charge is 0.350 e. The normalized spacial score (nSPS) is 30.4. The summed E-state index contributed by atoms with van der Waals surface area (Å²) >= 11 is 0. The highest BCUT2D eigenvalue weighted by Crippen LogP contribution is 2.40. The Morgan fingerprint density at radius 2 is 2.27 bits per heavy atom. The molecule has 2 rings (SSSR count).